The van der Waals surface area contributed by atoms with Gasteiger partial charge >= 0.3 is 0 Å². The quantitative estimate of drug-likeness (QED) is 0.652. The topological polar surface area (TPSA) is 97.2 Å². The van der Waals surface area contributed by atoms with Gasteiger partial charge in [-0.15, -0.1) is 11.3 Å². The van der Waals surface area contributed by atoms with Gasteiger partial charge in [0.05, 0.1) is 11.5 Å². The SMILES string of the molecule is CNC(=O)c1ccc([N+](=O)[O-])c(NCc2nc(C)cs2)c1. The number of aromatic nitrogens is 1. The van der Waals surface area contributed by atoms with Crippen LogP contribution in [0.15, 0.2) is 23.6 Å². The van der Waals surface area contributed by atoms with Gasteiger partial charge in [0, 0.05) is 29.8 Å². The van der Waals surface area contributed by atoms with Crippen molar-refractivity contribution in [2.75, 3.05) is 12.4 Å². The van der Waals surface area contributed by atoms with E-state index in [0.717, 1.165) is 10.7 Å². The Hall–Kier alpha value is -2.48. The summed E-state index contributed by atoms with van der Waals surface area (Å²) in [4.78, 5) is 26.4. The van der Waals surface area contributed by atoms with Crippen molar-refractivity contribution in [2.24, 2.45) is 0 Å². The zero-order valence-electron chi connectivity index (χ0n) is 11.5. The summed E-state index contributed by atoms with van der Waals surface area (Å²) in [5, 5.41) is 19.2. The maximum Gasteiger partial charge on any atom is 0.292 e. The molecule has 7 nitrogen and oxygen atoms in total. The first-order chi connectivity index (χ1) is 10.0. The largest absolute Gasteiger partial charge is 0.373 e. The lowest BCUT2D eigenvalue weighted by atomic mass is 10.1. The van der Waals surface area contributed by atoms with Gasteiger partial charge < -0.3 is 10.6 Å². The molecular weight excluding hydrogens is 292 g/mol. The number of benzene rings is 1. The summed E-state index contributed by atoms with van der Waals surface area (Å²) in [5.74, 6) is -0.293. The minimum Gasteiger partial charge on any atom is -0.373 e. The molecule has 0 spiro atoms. The predicted octanol–water partition coefficient (Wildman–Crippen LogP) is 2.33. The number of aryl methyl sites for hydroxylation is 1. The van der Waals surface area contributed by atoms with Gasteiger partial charge in [0.25, 0.3) is 11.6 Å². The van der Waals surface area contributed by atoms with Crippen molar-refractivity contribution in [3.8, 4) is 0 Å². The predicted molar refractivity (Wildman–Crippen MR) is 80.7 cm³/mol. The molecule has 1 aromatic carbocycles. The van der Waals surface area contributed by atoms with Gasteiger partial charge in [-0.1, -0.05) is 0 Å². The monoisotopic (exact) mass is 306 g/mol. The molecule has 110 valence electrons. The highest BCUT2D eigenvalue weighted by molar-refractivity contribution is 7.09. The van der Waals surface area contributed by atoms with Crippen LogP contribution in [0.5, 0.6) is 0 Å². The molecule has 1 amide bonds. The maximum absolute atomic E-state index is 11.6. The first kappa shape index (κ1) is 14.9. The van der Waals surface area contributed by atoms with Crippen molar-refractivity contribution in [1.82, 2.24) is 10.3 Å². The van der Waals surface area contributed by atoms with E-state index in [1.54, 1.807) is 0 Å². The van der Waals surface area contributed by atoms with E-state index in [4.69, 9.17) is 0 Å². The average Bonchev–Trinajstić information content (AvgIpc) is 2.89. The van der Waals surface area contributed by atoms with Gasteiger partial charge in [-0.2, -0.15) is 0 Å². The molecule has 2 N–H and O–H groups in total. The Morgan fingerprint density at radius 3 is 2.81 bits per heavy atom. The zero-order chi connectivity index (χ0) is 15.4. The number of anilines is 1. The highest BCUT2D eigenvalue weighted by Crippen LogP contribution is 2.26. The Labute approximate surface area is 125 Å². The molecule has 0 aliphatic rings. The summed E-state index contributed by atoms with van der Waals surface area (Å²) in [7, 11) is 1.51. The van der Waals surface area contributed by atoms with Crippen LogP contribution < -0.4 is 10.6 Å². The lowest BCUT2D eigenvalue weighted by Gasteiger charge is -2.07. The lowest BCUT2D eigenvalue weighted by molar-refractivity contribution is -0.384. The standard InChI is InChI=1S/C13H14N4O3S/c1-8-7-21-12(16-8)6-15-10-5-9(13(18)14-2)3-4-11(10)17(19)20/h3-5,7,15H,6H2,1-2H3,(H,14,18). The number of carbonyl (C=O) groups is 1. The van der Waals surface area contributed by atoms with Gasteiger partial charge in [-0.05, 0) is 19.1 Å². The van der Waals surface area contributed by atoms with Gasteiger partial charge in [0.15, 0.2) is 0 Å². The molecule has 0 bridgehead atoms. The number of hydrogen-bond donors (Lipinski definition) is 2. The first-order valence-electron chi connectivity index (χ1n) is 6.16. The smallest absolute Gasteiger partial charge is 0.292 e. The molecule has 0 saturated carbocycles. The molecule has 0 fully saturated rings. The van der Waals surface area contributed by atoms with E-state index in [1.807, 2.05) is 12.3 Å². The molecule has 2 aromatic rings. The molecule has 2 rings (SSSR count). The van der Waals surface area contributed by atoms with E-state index in [1.165, 1.54) is 36.6 Å². The number of carbonyl (C=O) groups excluding carboxylic acids is 1. The fourth-order valence-electron chi connectivity index (χ4n) is 1.78. The molecule has 8 heteroatoms. The minimum atomic E-state index is -0.483. The van der Waals surface area contributed by atoms with Crippen molar-refractivity contribution >= 4 is 28.6 Å². The van der Waals surface area contributed by atoms with E-state index < -0.39 is 4.92 Å². The third-order valence-electron chi connectivity index (χ3n) is 2.78. The van der Waals surface area contributed by atoms with Crippen molar-refractivity contribution in [2.45, 2.75) is 13.5 Å². The van der Waals surface area contributed by atoms with Crippen LogP contribution in [-0.4, -0.2) is 22.9 Å². The van der Waals surface area contributed by atoms with E-state index >= 15 is 0 Å². The van der Waals surface area contributed by atoms with Crippen molar-refractivity contribution < 1.29 is 9.72 Å². The fraction of sp³-hybridized carbons (Fsp3) is 0.231. The maximum atomic E-state index is 11.6. The van der Waals surface area contributed by atoms with Crippen molar-refractivity contribution in [1.29, 1.82) is 0 Å². The number of thiazole rings is 1. The van der Waals surface area contributed by atoms with E-state index in [9.17, 15) is 14.9 Å². The number of rotatable bonds is 5. The van der Waals surface area contributed by atoms with E-state index in [-0.39, 0.29) is 11.6 Å². The van der Waals surface area contributed by atoms with Gasteiger partial charge in [0.1, 0.15) is 10.7 Å². The second kappa shape index (κ2) is 6.31. The van der Waals surface area contributed by atoms with Crippen LogP contribution in [0.25, 0.3) is 0 Å². The second-order valence-corrected chi connectivity index (χ2v) is 5.25. The molecule has 1 aromatic heterocycles. The third kappa shape index (κ3) is 3.54. The van der Waals surface area contributed by atoms with Crippen LogP contribution in [0.2, 0.25) is 0 Å². The molecule has 1 heterocycles. The van der Waals surface area contributed by atoms with Crippen LogP contribution in [-0.2, 0) is 6.54 Å². The van der Waals surface area contributed by atoms with Crippen LogP contribution in [0, 0.1) is 17.0 Å². The zero-order valence-corrected chi connectivity index (χ0v) is 12.4. The molecule has 0 aliphatic carbocycles. The number of hydrogen-bond acceptors (Lipinski definition) is 6. The molecule has 21 heavy (non-hydrogen) atoms. The first-order valence-corrected chi connectivity index (χ1v) is 7.04. The minimum absolute atomic E-state index is 0.0732. The number of amides is 1. The summed E-state index contributed by atoms with van der Waals surface area (Å²) >= 11 is 1.48. The summed E-state index contributed by atoms with van der Waals surface area (Å²) < 4.78 is 0. The summed E-state index contributed by atoms with van der Waals surface area (Å²) in [6.07, 6.45) is 0. The Morgan fingerprint density at radius 1 is 1.48 bits per heavy atom. The number of nitrogens with zero attached hydrogens (tertiary/aromatic N) is 2. The molecule has 0 radical (unpaired) electrons. The second-order valence-electron chi connectivity index (χ2n) is 4.30. The number of nitrogens with one attached hydrogen (secondary N) is 2. The third-order valence-corrected chi connectivity index (χ3v) is 3.75. The van der Waals surface area contributed by atoms with Crippen LogP contribution in [0.1, 0.15) is 21.1 Å². The van der Waals surface area contributed by atoms with Crippen LogP contribution in [0.3, 0.4) is 0 Å². The number of nitro groups is 1. The Morgan fingerprint density at radius 2 is 2.24 bits per heavy atom. The molecule has 0 atom stereocenters. The van der Waals surface area contributed by atoms with Gasteiger partial charge in [0.2, 0.25) is 0 Å². The van der Waals surface area contributed by atoms with Crippen molar-refractivity contribution in [3.63, 3.8) is 0 Å². The molecule has 0 aliphatic heterocycles. The normalized spacial score (nSPS) is 10.2. The molecule has 0 saturated heterocycles. The highest BCUT2D eigenvalue weighted by atomic mass is 32.1. The number of nitro benzene ring substituents is 1. The van der Waals surface area contributed by atoms with Crippen LogP contribution >= 0.6 is 11.3 Å². The summed E-state index contributed by atoms with van der Waals surface area (Å²) in [5.41, 5.74) is 1.50. The summed E-state index contributed by atoms with van der Waals surface area (Å²) in [6.45, 7) is 2.26. The summed E-state index contributed by atoms with van der Waals surface area (Å²) in [6, 6.07) is 4.22. The average molecular weight is 306 g/mol. The van der Waals surface area contributed by atoms with Crippen LogP contribution in [0.4, 0.5) is 11.4 Å². The lowest BCUT2D eigenvalue weighted by Crippen LogP contribution is -2.18. The van der Waals surface area contributed by atoms with E-state index in [2.05, 4.69) is 15.6 Å². The fourth-order valence-corrected chi connectivity index (χ4v) is 2.49. The highest BCUT2D eigenvalue weighted by Gasteiger charge is 2.16. The molecular formula is C13H14N4O3S. The van der Waals surface area contributed by atoms with E-state index in [0.29, 0.717) is 17.8 Å². The Balaban J connectivity index is 2.25. The van der Waals surface area contributed by atoms with Gasteiger partial charge in [-0.25, -0.2) is 4.98 Å². The molecule has 0 unspecified atom stereocenters. The Bertz CT molecular complexity index is 684. The Kier molecular flexibility index (Phi) is 4.49. The van der Waals surface area contributed by atoms with Gasteiger partial charge in [-0.3, -0.25) is 14.9 Å². The van der Waals surface area contributed by atoms with Crippen molar-refractivity contribution in [3.05, 3.63) is 50.0 Å².